The van der Waals surface area contributed by atoms with Gasteiger partial charge < -0.3 is 8.92 Å². The van der Waals surface area contributed by atoms with E-state index in [1.165, 1.54) is 28.8 Å². The van der Waals surface area contributed by atoms with Gasteiger partial charge in [-0.25, -0.2) is 9.79 Å². The minimum absolute atomic E-state index is 0.0312. The average Bonchev–Trinajstić information content (AvgIpc) is 3.23. The van der Waals surface area contributed by atoms with E-state index in [0.717, 1.165) is 11.3 Å². The van der Waals surface area contributed by atoms with Gasteiger partial charge in [0, 0.05) is 5.02 Å². The lowest BCUT2D eigenvalue weighted by Crippen LogP contribution is -2.39. The number of thiazole rings is 1. The fraction of sp³-hybridized carbons (Fsp3) is 0.138. The first-order valence-corrected chi connectivity index (χ1v) is 14.8. The van der Waals surface area contributed by atoms with Gasteiger partial charge in [-0.3, -0.25) is 9.36 Å². The molecule has 4 aromatic rings. The Kier molecular flexibility index (Phi) is 7.75. The number of aromatic nitrogens is 1. The highest BCUT2D eigenvalue weighted by Gasteiger charge is 2.33. The molecule has 40 heavy (non-hydrogen) atoms. The molecule has 3 aromatic carbocycles. The molecule has 0 spiro atoms. The summed E-state index contributed by atoms with van der Waals surface area (Å²) < 4.78 is 37.8. The van der Waals surface area contributed by atoms with Gasteiger partial charge in [-0.2, -0.15) is 8.42 Å². The van der Waals surface area contributed by atoms with E-state index in [4.69, 9.17) is 20.5 Å². The van der Waals surface area contributed by atoms with Crippen LogP contribution in [0.2, 0.25) is 5.02 Å². The standard InChI is InChI=1S/C29H23ClN2O6S2/c1-3-37-28(34)25-18(2)31-29-32(26(25)20-12-14-21(30)15-13-20)27(33)24(39-29)17-19-8-7-9-22(16-19)38-40(35,36)23-10-5-4-6-11-23/h4-17,26H,3H2,1-2H3/b24-17+. The Labute approximate surface area is 239 Å². The van der Waals surface area contributed by atoms with Crippen molar-refractivity contribution in [2.75, 3.05) is 6.61 Å². The van der Waals surface area contributed by atoms with Crippen molar-refractivity contribution in [2.24, 2.45) is 4.99 Å². The largest absolute Gasteiger partial charge is 0.463 e. The van der Waals surface area contributed by atoms with E-state index in [2.05, 4.69) is 4.99 Å². The SMILES string of the molecule is CCOC(=O)C1=C(C)N=c2s/c(=C/c3cccc(OS(=O)(=O)c4ccccc4)c3)c(=O)n2C1c1ccc(Cl)cc1. The Bertz CT molecular complexity index is 1910. The van der Waals surface area contributed by atoms with Crippen molar-refractivity contribution >= 4 is 45.1 Å². The maximum absolute atomic E-state index is 13.8. The van der Waals surface area contributed by atoms with E-state index in [0.29, 0.717) is 31.2 Å². The molecule has 0 fully saturated rings. The number of ether oxygens (including phenoxy) is 1. The maximum Gasteiger partial charge on any atom is 0.339 e. The topological polar surface area (TPSA) is 104 Å². The molecule has 0 radical (unpaired) electrons. The summed E-state index contributed by atoms with van der Waals surface area (Å²) in [5.41, 5.74) is 1.59. The molecule has 204 valence electrons. The molecule has 0 saturated heterocycles. The molecule has 0 bridgehead atoms. The number of carbonyl (C=O) groups is 1. The van der Waals surface area contributed by atoms with Crippen LogP contribution in [0.25, 0.3) is 6.08 Å². The van der Waals surface area contributed by atoms with Crippen molar-refractivity contribution in [3.8, 4) is 5.75 Å². The fourth-order valence-corrected chi connectivity index (χ4v) is 6.44. The highest BCUT2D eigenvalue weighted by molar-refractivity contribution is 7.87. The Balaban J connectivity index is 1.58. The normalized spacial score (nSPS) is 15.4. The number of fused-ring (bicyclic) bond motifs is 1. The zero-order chi connectivity index (χ0) is 28.4. The number of allylic oxidation sites excluding steroid dienone is 1. The molecule has 1 aromatic heterocycles. The lowest BCUT2D eigenvalue weighted by molar-refractivity contribution is -0.139. The summed E-state index contributed by atoms with van der Waals surface area (Å²) in [7, 11) is -4.03. The quantitative estimate of drug-likeness (QED) is 0.234. The number of rotatable bonds is 7. The van der Waals surface area contributed by atoms with Crippen molar-refractivity contribution in [3.63, 3.8) is 0 Å². The van der Waals surface area contributed by atoms with E-state index in [9.17, 15) is 18.0 Å². The summed E-state index contributed by atoms with van der Waals surface area (Å²) in [5.74, 6) is -0.452. The van der Waals surface area contributed by atoms with Crippen molar-refractivity contribution < 1.29 is 22.1 Å². The van der Waals surface area contributed by atoms with Gasteiger partial charge in [-0.15, -0.1) is 0 Å². The molecule has 0 N–H and O–H groups in total. The van der Waals surface area contributed by atoms with Gasteiger partial charge >= 0.3 is 16.1 Å². The highest BCUT2D eigenvalue weighted by Crippen LogP contribution is 2.31. The number of halogens is 1. The maximum atomic E-state index is 13.8. The van der Waals surface area contributed by atoms with Crippen LogP contribution < -0.4 is 19.1 Å². The first-order valence-electron chi connectivity index (χ1n) is 12.2. The summed E-state index contributed by atoms with van der Waals surface area (Å²) >= 11 is 7.26. The van der Waals surface area contributed by atoms with Crippen molar-refractivity contribution in [3.05, 3.63) is 126 Å². The molecule has 1 unspecified atom stereocenters. The lowest BCUT2D eigenvalue weighted by Gasteiger charge is -2.24. The summed E-state index contributed by atoms with van der Waals surface area (Å²) in [6.45, 7) is 3.59. The monoisotopic (exact) mass is 594 g/mol. The summed E-state index contributed by atoms with van der Waals surface area (Å²) in [6, 6.07) is 20.4. The molecule has 11 heteroatoms. The third kappa shape index (κ3) is 5.51. The van der Waals surface area contributed by atoms with Crippen molar-refractivity contribution in [2.45, 2.75) is 24.8 Å². The minimum Gasteiger partial charge on any atom is -0.463 e. The van der Waals surface area contributed by atoms with Gasteiger partial charge in [0.25, 0.3) is 5.56 Å². The van der Waals surface area contributed by atoms with Crippen LogP contribution in [-0.4, -0.2) is 25.6 Å². The van der Waals surface area contributed by atoms with Gasteiger partial charge in [0.05, 0.1) is 28.5 Å². The van der Waals surface area contributed by atoms with Crippen LogP contribution in [0.3, 0.4) is 0 Å². The van der Waals surface area contributed by atoms with Crippen molar-refractivity contribution in [1.29, 1.82) is 0 Å². The fourth-order valence-electron chi connectivity index (χ4n) is 4.32. The summed E-state index contributed by atoms with van der Waals surface area (Å²) in [5, 5.41) is 0.519. The number of benzene rings is 3. The molecule has 1 aliphatic rings. The van der Waals surface area contributed by atoms with Crippen LogP contribution in [0, 0.1) is 0 Å². The molecule has 5 rings (SSSR count). The smallest absolute Gasteiger partial charge is 0.339 e. The molecule has 1 aliphatic heterocycles. The number of esters is 1. The van der Waals surface area contributed by atoms with Gasteiger partial charge in [-0.05, 0) is 67.4 Å². The molecule has 1 atom stereocenters. The number of hydrogen-bond donors (Lipinski definition) is 0. The molecule has 8 nitrogen and oxygen atoms in total. The predicted octanol–water partition coefficient (Wildman–Crippen LogP) is 4.22. The minimum atomic E-state index is -4.03. The third-order valence-corrected chi connectivity index (χ3v) is 8.59. The van der Waals surface area contributed by atoms with Gasteiger partial charge in [0.2, 0.25) is 0 Å². The Morgan fingerprint density at radius 3 is 2.50 bits per heavy atom. The van der Waals surface area contributed by atoms with Crippen LogP contribution in [-0.2, 0) is 19.6 Å². The number of carbonyl (C=O) groups excluding carboxylic acids is 1. The zero-order valence-electron chi connectivity index (χ0n) is 21.4. The molecular formula is C29H23ClN2O6S2. The highest BCUT2D eigenvalue weighted by atomic mass is 35.5. The van der Waals surface area contributed by atoms with Crippen LogP contribution in [0.1, 0.15) is 31.0 Å². The van der Waals surface area contributed by atoms with Gasteiger partial charge in [0.15, 0.2) is 4.80 Å². The van der Waals surface area contributed by atoms with Gasteiger partial charge in [0.1, 0.15) is 10.6 Å². The van der Waals surface area contributed by atoms with E-state index in [-0.39, 0.29) is 28.4 Å². The second-order valence-corrected chi connectivity index (χ2v) is 11.8. The zero-order valence-corrected chi connectivity index (χ0v) is 23.8. The first-order chi connectivity index (χ1) is 19.2. The Morgan fingerprint density at radius 2 is 1.80 bits per heavy atom. The second-order valence-electron chi connectivity index (χ2n) is 8.78. The summed E-state index contributed by atoms with van der Waals surface area (Å²) in [4.78, 5) is 31.7. The van der Waals surface area contributed by atoms with Crippen LogP contribution in [0.15, 0.2) is 105 Å². The van der Waals surface area contributed by atoms with Crippen LogP contribution in [0.4, 0.5) is 0 Å². The van der Waals surface area contributed by atoms with Crippen LogP contribution >= 0.6 is 22.9 Å². The lowest BCUT2D eigenvalue weighted by atomic mass is 9.96. The number of nitrogens with zero attached hydrogens (tertiary/aromatic N) is 2. The van der Waals surface area contributed by atoms with Crippen molar-refractivity contribution in [1.82, 2.24) is 4.57 Å². The number of hydrogen-bond acceptors (Lipinski definition) is 8. The molecule has 0 amide bonds. The first kappa shape index (κ1) is 27.6. The molecule has 0 saturated carbocycles. The molecule has 2 heterocycles. The average molecular weight is 595 g/mol. The van der Waals surface area contributed by atoms with E-state index in [1.54, 1.807) is 74.5 Å². The van der Waals surface area contributed by atoms with E-state index < -0.39 is 22.1 Å². The van der Waals surface area contributed by atoms with E-state index >= 15 is 0 Å². The van der Waals surface area contributed by atoms with Crippen LogP contribution in [0.5, 0.6) is 5.75 Å². The third-order valence-electron chi connectivity index (χ3n) is 6.10. The molecular weight excluding hydrogens is 572 g/mol. The summed E-state index contributed by atoms with van der Waals surface area (Å²) in [6.07, 6.45) is 1.63. The second kappa shape index (κ2) is 11.2. The molecule has 0 aliphatic carbocycles. The van der Waals surface area contributed by atoms with E-state index in [1.807, 2.05) is 0 Å². The predicted molar refractivity (Wildman–Crippen MR) is 153 cm³/mol. The Hall–Kier alpha value is -3.99. The van der Waals surface area contributed by atoms with Gasteiger partial charge in [-0.1, -0.05) is 65.4 Å². The Morgan fingerprint density at radius 1 is 1.07 bits per heavy atom.